The van der Waals surface area contributed by atoms with E-state index in [1.165, 1.54) is 6.07 Å². The number of ether oxygens (including phenoxy) is 3. The Morgan fingerprint density at radius 1 is 1.11 bits per heavy atom. The largest absolute Gasteiger partial charge is 0.505 e. The minimum atomic E-state index is -1.02. The molecule has 3 N–H and O–H groups in total. The molecule has 0 saturated carbocycles. The summed E-state index contributed by atoms with van der Waals surface area (Å²) in [7, 11) is 1.73. The number of hydrogen-bond donors (Lipinski definition) is 3. The first-order chi connectivity index (χ1) is 16.8. The second-order valence-corrected chi connectivity index (χ2v) is 8.45. The molecule has 2 atom stereocenters. The maximum absolute atomic E-state index is 13.1. The number of rotatable bonds is 14. The van der Waals surface area contributed by atoms with Gasteiger partial charge >= 0.3 is 5.97 Å². The first-order valence-corrected chi connectivity index (χ1v) is 12.2. The van der Waals surface area contributed by atoms with Crippen LogP contribution in [0, 0.1) is 0 Å². The standard InChI is InChI=1S/C25H32Cl2N2O6/c1-4-9-20(28-3)35-23-18(26)15-17(22(30)21(23)27)24(31)29-19(14-16-10-7-6-8-11-16)25(32)34-13-12-33-5-2/h6-8,10-11,15,19-20,28,30H,4-5,9,12-14H2,1-3H3,(H,29,31)/t19-,20?/m0/s1. The predicted molar refractivity (Wildman–Crippen MR) is 135 cm³/mol. The SMILES string of the molecule is CCCC(NC)Oc1c(Cl)cc(C(=O)N[C@@H](Cc2ccccc2)C(=O)OCCOCC)c(O)c1Cl. The number of esters is 1. The average Bonchev–Trinajstić information content (AvgIpc) is 2.85. The van der Waals surface area contributed by atoms with Crippen molar-refractivity contribution >= 4 is 35.1 Å². The van der Waals surface area contributed by atoms with Crippen LogP contribution in [0.5, 0.6) is 11.5 Å². The molecule has 0 spiro atoms. The summed E-state index contributed by atoms with van der Waals surface area (Å²) in [6.07, 6.45) is 1.33. The van der Waals surface area contributed by atoms with Crippen LogP contribution in [0.2, 0.25) is 10.0 Å². The fourth-order valence-corrected chi connectivity index (χ4v) is 3.81. The van der Waals surface area contributed by atoms with E-state index in [1.54, 1.807) is 7.05 Å². The van der Waals surface area contributed by atoms with Gasteiger partial charge in [0.05, 0.1) is 17.2 Å². The minimum absolute atomic E-state index is 0.0488. The van der Waals surface area contributed by atoms with Crippen molar-refractivity contribution in [2.24, 2.45) is 0 Å². The molecule has 0 aliphatic heterocycles. The van der Waals surface area contributed by atoms with E-state index in [2.05, 4.69) is 10.6 Å². The highest BCUT2D eigenvalue weighted by Crippen LogP contribution is 2.42. The Balaban J connectivity index is 2.24. The Bertz CT molecular complexity index is 974. The van der Waals surface area contributed by atoms with Gasteiger partial charge in [-0.25, -0.2) is 4.79 Å². The van der Waals surface area contributed by atoms with Crippen LogP contribution in [0.1, 0.15) is 42.6 Å². The van der Waals surface area contributed by atoms with Gasteiger partial charge in [0.2, 0.25) is 0 Å². The zero-order valence-corrected chi connectivity index (χ0v) is 21.6. The van der Waals surface area contributed by atoms with Crippen LogP contribution in [0.25, 0.3) is 0 Å². The molecule has 0 bridgehead atoms. The Labute approximate surface area is 215 Å². The summed E-state index contributed by atoms with van der Waals surface area (Å²) < 4.78 is 16.3. The van der Waals surface area contributed by atoms with Gasteiger partial charge in [-0.05, 0) is 32.0 Å². The molecule has 0 saturated heterocycles. The van der Waals surface area contributed by atoms with Crippen molar-refractivity contribution in [3.63, 3.8) is 0 Å². The number of halogens is 2. The van der Waals surface area contributed by atoms with E-state index >= 15 is 0 Å². The first-order valence-electron chi connectivity index (χ1n) is 11.5. The maximum atomic E-state index is 13.1. The molecule has 0 aliphatic carbocycles. The van der Waals surface area contributed by atoms with Crippen molar-refractivity contribution in [2.45, 2.75) is 45.4 Å². The molecule has 8 nitrogen and oxygen atoms in total. The fraction of sp³-hybridized carbons (Fsp3) is 0.440. The van der Waals surface area contributed by atoms with Gasteiger partial charge in [-0.1, -0.05) is 66.9 Å². The summed E-state index contributed by atoms with van der Waals surface area (Å²) in [6.45, 7) is 4.62. The summed E-state index contributed by atoms with van der Waals surface area (Å²) >= 11 is 12.6. The zero-order valence-electron chi connectivity index (χ0n) is 20.1. The van der Waals surface area contributed by atoms with E-state index in [0.29, 0.717) is 13.0 Å². The van der Waals surface area contributed by atoms with Gasteiger partial charge in [0.15, 0.2) is 11.5 Å². The number of aromatic hydroxyl groups is 1. The Morgan fingerprint density at radius 3 is 2.46 bits per heavy atom. The van der Waals surface area contributed by atoms with Crippen molar-refractivity contribution in [1.82, 2.24) is 10.6 Å². The van der Waals surface area contributed by atoms with Crippen LogP contribution in [0.15, 0.2) is 36.4 Å². The van der Waals surface area contributed by atoms with Crippen molar-refractivity contribution in [2.75, 3.05) is 26.9 Å². The van der Waals surface area contributed by atoms with Gasteiger partial charge in [-0.3, -0.25) is 10.1 Å². The van der Waals surface area contributed by atoms with Crippen LogP contribution >= 0.6 is 23.2 Å². The second-order valence-electron chi connectivity index (χ2n) is 7.66. The van der Waals surface area contributed by atoms with Crippen LogP contribution in [-0.4, -0.2) is 56.1 Å². The molecule has 0 aliphatic rings. The molecule has 2 rings (SSSR count). The van der Waals surface area contributed by atoms with Crippen LogP contribution in [0.4, 0.5) is 0 Å². The quantitative estimate of drug-likeness (QED) is 0.191. The first kappa shape index (κ1) is 28.7. The molecule has 10 heteroatoms. The van der Waals surface area contributed by atoms with Crippen molar-refractivity contribution in [3.05, 3.63) is 57.6 Å². The molecule has 1 amide bonds. The molecule has 1 unspecified atom stereocenters. The number of carbonyl (C=O) groups is 2. The van der Waals surface area contributed by atoms with E-state index in [4.69, 9.17) is 37.4 Å². The third kappa shape index (κ3) is 8.58. The summed E-state index contributed by atoms with van der Waals surface area (Å²) in [5, 5.41) is 16.1. The van der Waals surface area contributed by atoms with Gasteiger partial charge < -0.3 is 24.6 Å². The molecule has 2 aromatic rings. The molecule has 0 heterocycles. The lowest BCUT2D eigenvalue weighted by atomic mass is 10.1. The Kier molecular flexibility index (Phi) is 12.1. The molecule has 0 aromatic heterocycles. The van der Waals surface area contributed by atoms with Crippen molar-refractivity contribution in [3.8, 4) is 11.5 Å². The lowest BCUT2D eigenvalue weighted by Gasteiger charge is -2.21. The number of nitrogens with one attached hydrogen (secondary N) is 2. The molecular formula is C25H32Cl2N2O6. The smallest absolute Gasteiger partial charge is 0.329 e. The number of amides is 1. The number of hydrogen-bond acceptors (Lipinski definition) is 7. The van der Waals surface area contributed by atoms with Crippen LogP contribution in [0.3, 0.4) is 0 Å². The summed E-state index contributed by atoms with van der Waals surface area (Å²) in [5.74, 6) is -1.81. The van der Waals surface area contributed by atoms with Crippen LogP contribution in [-0.2, 0) is 20.7 Å². The van der Waals surface area contributed by atoms with E-state index in [1.807, 2.05) is 44.2 Å². The van der Waals surface area contributed by atoms with E-state index < -0.39 is 23.7 Å². The lowest BCUT2D eigenvalue weighted by Crippen LogP contribution is -2.43. The summed E-state index contributed by atoms with van der Waals surface area (Å²) in [5.41, 5.74) is 0.627. The zero-order chi connectivity index (χ0) is 25.8. The van der Waals surface area contributed by atoms with E-state index in [0.717, 1.165) is 12.0 Å². The summed E-state index contributed by atoms with van der Waals surface area (Å²) in [6, 6.07) is 9.41. The molecule has 35 heavy (non-hydrogen) atoms. The fourth-order valence-electron chi connectivity index (χ4n) is 3.26. The summed E-state index contributed by atoms with van der Waals surface area (Å²) in [4.78, 5) is 25.8. The average molecular weight is 527 g/mol. The molecule has 2 aromatic carbocycles. The van der Waals surface area contributed by atoms with Gasteiger partial charge in [0.1, 0.15) is 23.9 Å². The van der Waals surface area contributed by atoms with E-state index in [9.17, 15) is 14.7 Å². The normalized spacial score (nSPS) is 12.6. The van der Waals surface area contributed by atoms with Crippen molar-refractivity contribution in [1.29, 1.82) is 0 Å². The number of benzene rings is 2. The Hall–Kier alpha value is -2.52. The third-order valence-electron chi connectivity index (χ3n) is 5.08. The number of carbonyl (C=O) groups excluding carboxylic acids is 2. The Morgan fingerprint density at radius 2 is 1.83 bits per heavy atom. The van der Waals surface area contributed by atoms with Gasteiger partial charge in [0, 0.05) is 13.0 Å². The number of phenols is 1. The highest BCUT2D eigenvalue weighted by Gasteiger charge is 2.27. The molecular weight excluding hydrogens is 495 g/mol. The highest BCUT2D eigenvalue weighted by molar-refractivity contribution is 6.39. The molecule has 0 radical (unpaired) electrons. The third-order valence-corrected chi connectivity index (χ3v) is 5.71. The monoisotopic (exact) mass is 526 g/mol. The van der Waals surface area contributed by atoms with Gasteiger partial charge in [0.25, 0.3) is 5.91 Å². The van der Waals surface area contributed by atoms with Crippen molar-refractivity contribution < 1.29 is 28.9 Å². The second kappa shape index (κ2) is 14.8. The van der Waals surface area contributed by atoms with E-state index in [-0.39, 0.29) is 47.2 Å². The maximum Gasteiger partial charge on any atom is 0.329 e. The predicted octanol–water partition coefficient (Wildman–Crippen LogP) is 4.34. The van der Waals surface area contributed by atoms with Gasteiger partial charge in [-0.15, -0.1) is 0 Å². The molecule has 0 fully saturated rings. The van der Waals surface area contributed by atoms with Crippen LogP contribution < -0.4 is 15.4 Å². The number of phenolic OH excluding ortho intramolecular Hbond substituents is 1. The minimum Gasteiger partial charge on any atom is -0.505 e. The lowest BCUT2D eigenvalue weighted by molar-refractivity contribution is -0.147. The highest BCUT2D eigenvalue weighted by atomic mass is 35.5. The molecule has 192 valence electrons. The topological polar surface area (TPSA) is 106 Å². The van der Waals surface area contributed by atoms with Gasteiger partial charge in [-0.2, -0.15) is 0 Å².